The zero-order chi connectivity index (χ0) is 25.8. The molecule has 1 unspecified atom stereocenters. The molecule has 0 aliphatic carbocycles. The highest BCUT2D eigenvalue weighted by Crippen LogP contribution is 2.33. The molecule has 3 N–H and O–H groups in total. The van der Waals surface area contributed by atoms with Crippen molar-refractivity contribution in [2.24, 2.45) is 0 Å². The van der Waals surface area contributed by atoms with E-state index in [0.717, 1.165) is 35.6 Å². The Balaban J connectivity index is 1.31. The van der Waals surface area contributed by atoms with Gasteiger partial charge in [0.2, 0.25) is 5.95 Å². The predicted octanol–water partition coefficient (Wildman–Crippen LogP) is 2.68. The van der Waals surface area contributed by atoms with E-state index in [2.05, 4.69) is 35.0 Å². The number of nitrogens with zero attached hydrogens (tertiary/aromatic N) is 5. The van der Waals surface area contributed by atoms with Gasteiger partial charge in [-0.15, -0.1) is 4.89 Å². The van der Waals surface area contributed by atoms with Gasteiger partial charge in [-0.3, -0.25) is 9.69 Å². The van der Waals surface area contributed by atoms with Crippen molar-refractivity contribution < 1.29 is 32.6 Å². The number of fused-ring (bicyclic) bond motifs is 1. The maximum absolute atomic E-state index is 14.5. The van der Waals surface area contributed by atoms with E-state index in [0.29, 0.717) is 13.2 Å². The average Bonchev–Trinajstić information content (AvgIpc) is 2.91. The fourth-order valence-corrected chi connectivity index (χ4v) is 3.94. The number of ether oxygens (including phenoxy) is 2. The molecule has 5 rings (SSSR count). The van der Waals surface area contributed by atoms with Crippen LogP contribution in [0.5, 0.6) is 5.75 Å². The number of amides is 1. The Morgan fingerprint density at radius 3 is 2.65 bits per heavy atom. The molecule has 2 aliphatic heterocycles. The van der Waals surface area contributed by atoms with Crippen LogP contribution in [0.15, 0.2) is 42.6 Å². The highest BCUT2D eigenvalue weighted by Gasteiger charge is 2.30. The number of aromatic nitrogens is 3. The molecule has 4 heterocycles. The summed E-state index contributed by atoms with van der Waals surface area (Å²) in [5.41, 5.74) is 1.79. The number of hydrogen-bond donors (Lipinski definition) is 3. The van der Waals surface area contributed by atoms with E-state index in [1.807, 2.05) is 24.3 Å². The van der Waals surface area contributed by atoms with E-state index in [9.17, 15) is 13.8 Å². The quantitative estimate of drug-likeness (QED) is 0.367. The van der Waals surface area contributed by atoms with Crippen LogP contribution >= 0.6 is 8.25 Å². The van der Waals surface area contributed by atoms with Crippen molar-refractivity contribution in [2.45, 2.75) is 0 Å². The number of morpholine rings is 1. The third-order valence-electron chi connectivity index (χ3n) is 5.53. The molecular weight excluding hydrogens is 508 g/mol. The molecule has 192 valence electrons. The van der Waals surface area contributed by atoms with Crippen LogP contribution in [-0.4, -0.2) is 65.4 Å². The first-order valence-electron chi connectivity index (χ1n) is 11.2. The van der Waals surface area contributed by atoms with Crippen molar-refractivity contribution in [3.8, 4) is 5.75 Å². The van der Waals surface area contributed by atoms with E-state index in [1.54, 1.807) is 0 Å². The minimum atomic E-state index is -2.92. The van der Waals surface area contributed by atoms with Crippen LogP contribution in [0.1, 0.15) is 0 Å². The van der Waals surface area contributed by atoms with E-state index in [-0.39, 0.29) is 35.8 Å². The van der Waals surface area contributed by atoms with E-state index in [4.69, 9.17) is 14.4 Å². The van der Waals surface area contributed by atoms with Gasteiger partial charge in [0, 0.05) is 29.0 Å². The van der Waals surface area contributed by atoms with Gasteiger partial charge in [-0.05, 0) is 36.4 Å². The standard InChI is InChI=1S/C22H21FN7O6P/c23-16-11-24-22(25-14-1-3-15(4-2-14)29-7-9-34-10-8-29)28-20(16)26-18-6-5-17-21(27-18)30(13-36-37(32)33)19(31)12-35-17/h1-6,11H,7-10,12-13H2,(H2-,24,25,26,27,28,32,33)/p+1. The molecule has 37 heavy (non-hydrogen) atoms. The van der Waals surface area contributed by atoms with Gasteiger partial charge >= 0.3 is 8.25 Å². The number of nitrogens with one attached hydrogen (secondary N) is 2. The second-order valence-corrected chi connectivity index (χ2v) is 8.65. The summed E-state index contributed by atoms with van der Waals surface area (Å²) in [6.45, 7) is 2.25. The minimum Gasteiger partial charge on any atom is -0.480 e. The molecule has 2 aromatic heterocycles. The molecule has 0 bridgehead atoms. The van der Waals surface area contributed by atoms with Gasteiger partial charge in [0.05, 0.1) is 19.4 Å². The molecule has 0 saturated carbocycles. The van der Waals surface area contributed by atoms with Gasteiger partial charge in [-0.2, -0.15) is 4.98 Å². The SMILES string of the molecule is O=C1COc2ccc(Nc3nc(Nc4ccc(N5CCOCC5)cc4)ncc3F)nc2N1CO[P+](=O)O. The summed E-state index contributed by atoms with van der Waals surface area (Å²) in [5.74, 6) is -0.792. The zero-order valence-corrected chi connectivity index (χ0v) is 20.2. The van der Waals surface area contributed by atoms with Gasteiger partial charge in [-0.25, -0.2) is 14.4 Å². The lowest BCUT2D eigenvalue weighted by molar-refractivity contribution is -0.122. The normalized spacial score (nSPS) is 15.6. The lowest BCUT2D eigenvalue weighted by Gasteiger charge is -2.28. The van der Waals surface area contributed by atoms with Crippen LogP contribution < -0.4 is 25.2 Å². The number of rotatable bonds is 8. The molecule has 15 heteroatoms. The van der Waals surface area contributed by atoms with Gasteiger partial charge in [0.25, 0.3) is 5.91 Å². The average molecular weight is 530 g/mol. The number of carbonyl (C=O) groups excluding carboxylic acids is 1. The monoisotopic (exact) mass is 530 g/mol. The Labute approximate surface area is 211 Å². The fraction of sp³-hybridized carbons (Fsp3) is 0.273. The highest BCUT2D eigenvalue weighted by atomic mass is 31.1. The first kappa shape index (κ1) is 24.7. The maximum Gasteiger partial charge on any atom is 0.696 e. The van der Waals surface area contributed by atoms with Crippen LogP contribution in [-0.2, 0) is 18.6 Å². The van der Waals surface area contributed by atoms with Crippen molar-refractivity contribution in [3.05, 3.63) is 48.4 Å². The summed E-state index contributed by atoms with van der Waals surface area (Å²) in [5, 5.41) is 5.81. The summed E-state index contributed by atoms with van der Waals surface area (Å²) in [6, 6.07) is 10.7. The fourth-order valence-electron chi connectivity index (χ4n) is 3.73. The lowest BCUT2D eigenvalue weighted by atomic mass is 10.2. The number of benzene rings is 1. The summed E-state index contributed by atoms with van der Waals surface area (Å²) in [6.07, 6.45) is 1.02. The first-order valence-corrected chi connectivity index (χ1v) is 12.3. The Morgan fingerprint density at radius 2 is 1.89 bits per heavy atom. The molecule has 1 saturated heterocycles. The van der Waals surface area contributed by atoms with Crippen molar-refractivity contribution in [2.75, 3.05) is 60.1 Å². The number of pyridine rings is 1. The van der Waals surface area contributed by atoms with Crippen LogP contribution in [0.25, 0.3) is 0 Å². The molecule has 0 spiro atoms. The second kappa shape index (κ2) is 11.0. The second-order valence-electron chi connectivity index (χ2n) is 7.91. The molecule has 13 nitrogen and oxygen atoms in total. The molecule has 0 radical (unpaired) electrons. The predicted molar refractivity (Wildman–Crippen MR) is 131 cm³/mol. The van der Waals surface area contributed by atoms with Crippen LogP contribution in [0.3, 0.4) is 0 Å². The largest absolute Gasteiger partial charge is 0.696 e. The van der Waals surface area contributed by atoms with E-state index in [1.165, 1.54) is 12.1 Å². The third kappa shape index (κ3) is 5.89. The Bertz CT molecular complexity index is 1310. The number of anilines is 6. The molecule has 1 aromatic carbocycles. The highest BCUT2D eigenvalue weighted by molar-refractivity contribution is 7.32. The zero-order valence-electron chi connectivity index (χ0n) is 19.3. The van der Waals surface area contributed by atoms with Crippen molar-refractivity contribution in [3.63, 3.8) is 0 Å². The molecule has 1 fully saturated rings. The van der Waals surface area contributed by atoms with E-state index < -0.39 is 26.7 Å². The number of halogens is 1. The summed E-state index contributed by atoms with van der Waals surface area (Å²) < 4.78 is 40.8. The van der Waals surface area contributed by atoms with E-state index >= 15 is 0 Å². The molecule has 2 aliphatic rings. The third-order valence-corrected chi connectivity index (χ3v) is 5.87. The van der Waals surface area contributed by atoms with Crippen molar-refractivity contribution in [1.82, 2.24) is 15.0 Å². The topological polar surface area (TPSA) is 151 Å². The lowest BCUT2D eigenvalue weighted by Crippen LogP contribution is -2.40. The van der Waals surface area contributed by atoms with Gasteiger partial charge in [-0.1, -0.05) is 4.52 Å². The van der Waals surface area contributed by atoms with Crippen molar-refractivity contribution >= 4 is 48.9 Å². The van der Waals surface area contributed by atoms with Gasteiger partial charge < -0.3 is 25.0 Å². The van der Waals surface area contributed by atoms with Crippen LogP contribution in [0.4, 0.5) is 39.2 Å². The first-order chi connectivity index (χ1) is 18.0. The molecule has 1 amide bonds. The van der Waals surface area contributed by atoms with Crippen LogP contribution in [0.2, 0.25) is 0 Å². The summed E-state index contributed by atoms with van der Waals surface area (Å²) >= 11 is 0. The molecular formula is C22H22FN7O6P+. The summed E-state index contributed by atoms with van der Waals surface area (Å²) in [7, 11) is -2.92. The summed E-state index contributed by atoms with van der Waals surface area (Å²) in [4.78, 5) is 36.9. The van der Waals surface area contributed by atoms with Gasteiger partial charge in [0.1, 0.15) is 5.82 Å². The van der Waals surface area contributed by atoms with Gasteiger partial charge in [0.15, 0.2) is 36.5 Å². The Hall–Kier alpha value is -3.97. The smallest absolute Gasteiger partial charge is 0.480 e. The van der Waals surface area contributed by atoms with Crippen molar-refractivity contribution in [1.29, 1.82) is 0 Å². The Morgan fingerprint density at radius 1 is 1.11 bits per heavy atom. The number of carbonyl (C=O) groups is 1. The molecule has 1 atom stereocenters. The minimum absolute atomic E-state index is 0.0475. The maximum atomic E-state index is 14.5. The Kier molecular flexibility index (Phi) is 7.32. The van der Waals surface area contributed by atoms with Crippen LogP contribution in [0, 0.1) is 5.82 Å². The number of hydrogen-bond acceptors (Lipinski definition) is 11. The molecule has 3 aromatic rings.